The smallest absolute Gasteiger partial charge is 0.423 e. The van der Waals surface area contributed by atoms with Gasteiger partial charge in [-0.1, -0.05) is 24.3 Å². The lowest BCUT2D eigenvalue weighted by molar-refractivity contribution is -0.193. The summed E-state index contributed by atoms with van der Waals surface area (Å²) >= 11 is 0. The molecule has 0 aliphatic carbocycles. The molecule has 0 spiro atoms. The summed E-state index contributed by atoms with van der Waals surface area (Å²) in [6, 6.07) is 7.42. The molecule has 132 valence electrons. The van der Waals surface area contributed by atoms with Crippen molar-refractivity contribution < 1.29 is 32.2 Å². The number of hydrogen-bond acceptors (Lipinski definition) is 3. The zero-order valence-corrected chi connectivity index (χ0v) is 13.0. The SMILES string of the molecule is CC(O)c1cccc2c1OC(F)(F)C(=O)N2Cc1cccc(F)c1F. The van der Waals surface area contributed by atoms with Crippen molar-refractivity contribution in [3.63, 3.8) is 0 Å². The molecule has 8 heteroatoms. The molecule has 1 aliphatic rings. The van der Waals surface area contributed by atoms with Crippen LogP contribution in [0.4, 0.5) is 23.2 Å². The number of halogens is 4. The zero-order valence-electron chi connectivity index (χ0n) is 13.0. The van der Waals surface area contributed by atoms with Crippen LogP contribution in [0.5, 0.6) is 5.75 Å². The maximum Gasteiger partial charge on any atom is 0.483 e. The molecule has 1 heterocycles. The van der Waals surface area contributed by atoms with E-state index in [0.717, 1.165) is 6.07 Å². The zero-order chi connectivity index (χ0) is 18.4. The van der Waals surface area contributed by atoms with Gasteiger partial charge in [-0.15, -0.1) is 0 Å². The third kappa shape index (κ3) is 2.93. The summed E-state index contributed by atoms with van der Waals surface area (Å²) in [5, 5.41) is 9.73. The topological polar surface area (TPSA) is 49.8 Å². The average molecular weight is 355 g/mol. The van der Waals surface area contributed by atoms with Crippen molar-refractivity contribution in [2.75, 3.05) is 4.90 Å². The molecule has 3 rings (SSSR count). The molecule has 2 aromatic rings. The minimum absolute atomic E-state index is 0.0504. The number of carbonyl (C=O) groups is 1. The van der Waals surface area contributed by atoms with Gasteiger partial charge in [0.2, 0.25) is 0 Å². The molecule has 0 fully saturated rings. The van der Waals surface area contributed by atoms with E-state index in [2.05, 4.69) is 4.74 Å². The highest BCUT2D eigenvalue weighted by molar-refractivity contribution is 6.01. The van der Waals surface area contributed by atoms with E-state index < -0.39 is 36.3 Å². The van der Waals surface area contributed by atoms with Gasteiger partial charge in [0.15, 0.2) is 17.4 Å². The Morgan fingerprint density at radius 1 is 1.20 bits per heavy atom. The van der Waals surface area contributed by atoms with Crippen LogP contribution in [0.15, 0.2) is 36.4 Å². The quantitative estimate of drug-likeness (QED) is 0.857. The Hall–Kier alpha value is -2.61. The first-order valence-corrected chi connectivity index (χ1v) is 7.35. The maximum absolute atomic E-state index is 14.0. The molecule has 4 nitrogen and oxygen atoms in total. The van der Waals surface area contributed by atoms with Crippen LogP contribution in [-0.4, -0.2) is 17.1 Å². The summed E-state index contributed by atoms with van der Waals surface area (Å²) in [5.41, 5.74) is -0.271. The molecule has 0 bridgehead atoms. The lowest BCUT2D eigenvalue weighted by Crippen LogP contribution is -2.50. The van der Waals surface area contributed by atoms with Gasteiger partial charge in [-0.05, 0) is 19.1 Å². The van der Waals surface area contributed by atoms with E-state index in [1.807, 2.05) is 0 Å². The van der Waals surface area contributed by atoms with E-state index in [1.165, 1.54) is 37.3 Å². The minimum atomic E-state index is -4.19. The van der Waals surface area contributed by atoms with Crippen LogP contribution in [0.2, 0.25) is 0 Å². The predicted molar refractivity (Wildman–Crippen MR) is 80.2 cm³/mol. The fraction of sp³-hybridized carbons (Fsp3) is 0.235. The number of benzene rings is 2. The van der Waals surface area contributed by atoms with Gasteiger partial charge in [-0.2, -0.15) is 8.78 Å². The van der Waals surface area contributed by atoms with Crippen LogP contribution >= 0.6 is 0 Å². The molecule has 0 aromatic heterocycles. The van der Waals surface area contributed by atoms with Crippen LogP contribution in [0.3, 0.4) is 0 Å². The first-order chi connectivity index (χ1) is 11.7. The number of hydrogen-bond donors (Lipinski definition) is 1. The molecule has 1 unspecified atom stereocenters. The monoisotopic (exact) mass is 355 g/mol. The van der Waals surface area contributed by atoms with E-state index in [-0.39, 0.29) is 22.6 Å². The van der Waals surface area contributed by atoms with Gasteiger partial charge in [0, 0.05) is 11.1 Å². The van der Waals surface area contributed by atoms with Crippen molar-refractivity contribution in [3.8, 4) is 5.75 Å². The van der Waals surface area contributed by atoms with Crippen LogP contribution in [0.25, 0.3) is 0 Å². The number of rotatable bonds is 3. The van der Waals surface area contributed by atoms with Crippen LogP contribution in [-0.2, 0) is 11.3 Å². The van der Waals surface area contributed by atoms with Gasteiger partial charge < -0.3 is 9.84 Å². The molecule has 1 aliphatic heterocycles. The Labute approximate surface area is 140 Å². The standard InChI is InChI=1S/C17H13F4NO3/c1-9(23)11-5-3-7-13-15(11)25-17(20,21)16(24)22(13)8-10-4-2-6-12(18)14(10)19/h2-7,9,23H,8H2,1H3. The van der Waals surface area contributed by atoms with Gasteiger partial charge in [0.1, 0.15) is 0 Å². The number of para-hydroxylation sites is 1. The number of amides is 1. The van der Waals surface area contributed by atoms with Crippen molar-refractivity contribution in [1.29, 1.82) is 0 Å². The van der Waals surface area contributed by atoms with E-state index in [1.54, 1.807) is 0 Å². The number of ether oxygens (including phenoxy) is 1. The largest absolute Gasteiger partial charge is 0.483 e. The third-order valence-corrected chi connectivity index (χ3v) is 3.85. The predicted octanol–water partition coefficient (Wildman–Crippen LogP) is 3.54. The number of nitrogens with zero attached hydrogens (tertiary/aromatic N) is 1. The number of aliphatic hydroxyl groups excluding tert-OH is 1. The molecule has 0 saturated carbocycles. The average Bonchev–Trinajstić information content (AvgIpc) is 2.54. The van der Waals surface area contributed by atoms with Crippen molar-refractivity contribution in [1.82, 2.24) is 0 Å². The number of anilines is 1. The highest BCUT2D eigenvalue weighted by Gasteiger charge is 2.51. The van der Waals surface area contributed by atoms with Crippen LogP contribution in [0.1, 0.15) is 24.2 Å². The van der Waals surface area contributed by atoms with Gasteiger partial charge in [-0.3, -0.25) is 9.69 Å². The van der Waals surface area contributed by atoms with Crippen molar-refractivity contribution in [3.05, 3.63) is 59.2 Å². The highest BCUT2D eigenvalue weighted by Crippen LogP contribution is 2.44. The van der Waals surface area contributed by atoms with Gasteiger partial charge >= 0.3 is 12.0 Å². The van der Waals surface area contributed by atoms with Crippen molar-refractivity contribution in [2.24, 2.45) is 0 Å². The minimum Gasteiger partial charge on any atom is -0.423 e. The summed E-state index contributed by atoms with van der Waals surface area (Å²) in [4.78, 5) is 12.7. The Balaban J connectivity index is 2.12. The molecule has 0 saturated heterocycles. The van der Waals surface area contributed by atoms with Gasteiger partial charge in [0.25, 0.3) is 0 Å². The third-order valence-electron chi connectivity index (χ3n) is 3.85. The lowest BCUT2D eigenvalue weighted by Gasteiger charge is -2.35. The summed E-state index contributed by atoms with van der Waals surface area (Å²) in [6.45, 7) is 0.738. The Bertz CT molecular complexity index is 839. The fourth-order valence-corrected chi connectivity index (χ4v) is 2.63. The van der Waals surface area contributed by atoms with Gasteiger partial charge in [0.05, 0.1) is 18.3 Å². The molecule has 2 aromatic carbocycles. The van der Waals surface area contributed by atoms with Crippen molar-refractivity contribution >= 4 is 11.6 Å². The van der Waals surface area contributed by atoms with E-state index in [4.69, 9.17) is 0 Å². The molecule has 25 heavy (non-hydrogen) atoms. The van der Waals surface area contributed by atoms with E-state index >= 15 is 0 Å². The summed E-state index contributed by atoms with van der Waals surface area (Å²) in [6.07, 6.45) is -5.33. The second-order valence-electron chi connectivity index (χ2n) is 5.59. The Morgan fingerprint density at radius 3 is 2.56 bits per heavy atom. The molecule has 1 amide bonds. The highest BCUT2D eigenvalue weighted by atomic mass is 19.3. The number of carbonyl (C=O) groups excluding carboxylic acids is 1. The molecule has 1 atom stereocenters. The Morgan fingerprint density at radius 2 is 1.88 bits per heavy atom. The number of fused-ring (bicyclic) bond motifs is 1. The second kappa shape index (κ2) is 6.03. The number of aliphatic hydroxyl groups is 1. The van der Waals surface area contributed by atoms with E-state index in [9.17, 15) is 27.5 Å². The second-order valence-corrected chi connectivity index (χ2v) is 5.59. The fourth-order valence-electron chi connectivity index (χ4n) is 2.63. The summed E-state index contributed by atoms with van der Waals surface area (Å²) < 4.78 is 59.7. The van der Waals surface area contributed by atoms with Crippen LogP contribution < -0.4 is 9.64 Å². The van der Waals surface area contributed by atoms with E-state index in [0.29, 0.717) is 4.90 Å². The lowest BCUT2D eigenvalue weighted by atomic mass is 10.1. The summed E-state index contributed by atoms with van der Waals surface area (Å²) in [5.74, 6) is -4.45. The number of alkyl halides is 2. The molecular weight excluding hydrogens is 342 g/mol. The molecule has 0 radical (unpaired) electrons. The Kier molecular flexibility index (Phi) is 4.16. The first kappa shape index (κ1) is 17.2. The van der Waals surface area contributed by atoms with Gasteiger partial charge in [-0.25, -0.2) is 8.78 Å². The normalized spacial score (nSPS) is 17.0. The van der Waals surface area contributed by atoms with Crippen LogP contribution in [0, 0.1) is 11.6 Å². The maximum atomic E-state index is 14.0. The van der Waals surface area contributed by atoms with Crippen molar-refractivity contribution in [2.45, 2.75) is 25.7 Å². The molecule has 1 N–H and O–H groups in total. The molecular formula is C17H13F4NO3. The summed E-state index contributed by atoms with van der Waals surface area (Å²) in [7, 11) is 0. The first-order valence-electron chi connectivity index (χ1n) is 7.35.